The summed E-state index contributed by atoms with van der Waals surface area (Å²) in [6, 6.07) is 0. The van der Waals surface area contributed by atoms with Crippen molar-refractivity contribution in [2.75, 3.05) is 19.6 Å². The number of alkyl carbamates (subject to hydrolysis) is 1. The maximum Gasteiger partial charge on any atom is 0.407 e. The van der Waals surface area contributed by atoms with Crippen LogP contribution < -0.4 is 5.32 Å². The highest BCUT2D eigenvalue weighted by Gasteiger charge is 2.23. The number of nitrogens with one attached hydrogen (secondary N) is 1. The molecule has 0 saturated carbocycles. The first-order chi connectivity index (χ1) is 7.40. The van der Waals surface area contributed by atoms with Crippen molar-refractivity contribution >= 4 is 6.09 Å². The second-order valence-corrected chi connectivity index (χ2v) is 5.44. The predicted octanol–water partition coefficient (Wildman–Crippen LogP) is 2.00. The molecule has 0 radical (unpaired) electrons. The minimum absolute atomic E-state index is 0.0519. The standard InChI is InChI=1S/C12H24N2O2/c1-5-14-8-6-7-10(9-14)16-11(15)13-12(2,3)4/h10H,5-9H2,1-4H3,(H,13,15)/t10-/m1/s1. The number of likely N-dealkylation sites (tertiary alicyclic amines) is 1. The van der Waals surface area contributed by atoms with Crippen LogP contribution in [0, 0.1) is 0 Å². The highest BCUT2D eigenvalue weighted by molar-refractivity contribution is 5.68. The molecule has 1 atom stereocenters. The van der Waals surface area contributed by atoms with E-state index >= 15 is 0 Å². The smallest absolute Gasteiger partial charge is 0.407 e. The molecular formula is C12H24N2O2. The summed E-state index contributed by atoms with van der Waals surface area (Å²) in [7, 11) is 0. The van der Waals surface area contributed by atoms with Gasteiger partial charge in [0.05, 0.1) is 0 Å². The Hall–Kier alpha value is -0.770. The molecule has 1 fully saturated rings. The molecule has 0 unspecified atom stereocenters. The largest absolute Gasteiger partial charge is 0.445 e. The van der Waals surface area contributed by atoms with Crippen LogP contribution >= 0.6 is 0 Å². The predicted molar refractivity (Wildman–Crippen MR) is 64.5 cm³/mol. The van der Waals surface area contributed by atoms with E-state index in [-0.39, 0.29) is 17.7 Å². The Kier molecular flexibility index (Phi) is 4.59. The van der Waals surface area contributed by atoms with Crippen LogP contribution in [0.15, 0.2) is 0 Å². The van der Waals surface area contributed by atoms with Gasteiger partial charge in [0.25, 0.3) is 0 Å². The Bertz CT molecular complexity index is 236. The molecule has 16 heavy (non-hydrogen) atoms. The van der Waals surface area contributed by atoms with Gasteiger partial charge in [-0.2, -0.15) is 0 Å². The second-order valence-electron chi connectivity index (χ2n) is 5.44. The fourth-order valence-electron chi connectivity index (χ4n) is 1.88. The summed E-state index contributed by atoms with van der Waals surface area (Å²) in [4.78, 5) is 13.9. The Morgan fingerprint density at radius 1 is 1.50 bits per heavy atom. The highest BCUT2D eigenvalue weighted by atomic mass is 16.6. The molecule has 4 heteroatoms. The van der Waals surface area contributed by atoms with E-state index in [1.54, 1.807) is 0 Å². The summed E-state index contributed by atoms with van der Waals surface area (Å²) in [5.41, 5.74) is -0.226. The number of piperidine rings is 1. The van der Waals surface area contributed by atoms with E-state index in [4.69, 9.17) is 4.74 Å². The maximum atomic E-state index is 11.6. The van der Waals surface area contributed by atoms with Gasteiger partial charge in [-0.15, -0.1) is 0 Å². The Labute approximate surface area is 98.3 Å². The van der Waals surface area contributed by atoms with Gasteiger partial charge in [-0.25, -0.2) is 4.79 Å². The van der Waals surface area contributed by atoms with Crippen molar-refractivity contribution in [3.63, 3.8) is 0 Å². The molecule has 0 aromatic rings. The molecule has 4 nitrogen and oxygen atoms in total. The first kappa shape index (κ1) is 13.3. The minimum Gasteiger partial charge on any atom is -0.445 e. The van der Waals surface area contributed by atoms with E-state index in [1.165, 1.54) is 0 Å². The Morgan fingerprint density at radius 2 is 2.19 bits per heavy atom. The molecule has 94 valence electrons. The van der Waals surface area contributed by atoms with Gasteiger partial charge in [-0.3, -0.25) is 4.90 Å². The third kappa shape index (κ3) is 4.84. The van der Waals surface area contributed by atoms with Crippen LogP contribution in [0.1, 0.15) is 40.5 Å². The summed E-state index contributed by atoms with van der Waals surface area (Å²) < 4.78 is 5.41. The molecule has 0 aromatic heterocycles. The molecule has 1 aliphatic heterocycles. The van der Waals surface area contributed by atoms with Crippen molar-refractivity contribution in [3.8, 4) is 0 Å². The van der Waals surface area contributed by atoms with Gasteiger partial charge in [0, 0.05) is 12.1 Å². The molecule has 0 aromatic carbocycles. The molecular weight excluding hydrogens is 204 g/mol. The van der Waals surface area contributed by atoms with E-state index in [9.17, 15) is 4.79 Å². The Balaban J connectivity index is 2.33. The molecule has 0 spiro atoms. The van der Waals surface area contributed by atoms with Crippen LogP contribution in [-0.4, -0.2) is 42.3 Å². The maximum absolute atomic E-state index is 11.6. The summed E-state index contributed by atoms with van der Waals surface area (Å²) in [5, 5.41) is 2.82. The van der Waals surface area contributed by atoms with Gasteiger partial charge in [0.2, 0.25) is 0 Å². The number of rotatable bonds is 2. The summed E-state index contributed by atoms with van der Waals surface area (Å²) >= 11 is 0. The lowest BCUT2D eigenvalue weighted by Gasteiger charge is -2.32. The number of likely N-dealkylation sites (N-methyl/N-ethyl adjacent to an activating group) is 1. The van der Waals surface area contributed by atoms with Crippen molar-refractivity contribution in [2.24, 2.45) is 0 Å². The van der Waals surface area contributed by atoms with Crippen molar-refractivity contribution in [1.82, 2.24) is 10.2 Å². The van der Waals surface area contributed by atoms with E-state index in [1.807, 2.05) is 20.8 Å². The topological polar surface area (TPSA) is 41.6 Å². The molecule has 1 rings (SSSR count). The van der Waals surface area contributed by atoms with Crippen molar-refractivity contribution in [1.29, 1.82) is 0 Å². The van der Waals surface area contributed by atoms with Crippen LogP contribution in [0.5, 0.6) is 0 Å². The Morgan fingerprint density at radius 3 is 2.75 bits per heavy atom. The van der Waals surface area contributed by atoms with Gasteiger partial charge in [0.1, 0.15) is 6.10 Å². The van der Waals surface area contributed by atoms with Crippen LogP contribution in [-0.2, 0) is 4.74 Å². The van der Waals surface area contributed by atoms with Gasteiger partial charge < -0.3 is 10.1 Å². The van der Waals surface area contributed by atoms with Gasteiger partial charge in [-0.1, -0.05) is 6.92 Å². The number of ether oxygens (including phenoxy) is 1. The van der Waals surface area contributed by atoms with Crippen LogP contribution in [0.4, 0.5) is 4.79 Å². The number of hydrogen-bond donors (Lipinski definition) is 1. The lowest BCUT2D eigenvalue weighted by atomic mass is 10.1. The number of nitrogens with zero attached hydrogens (tertiary/aromatic N) is 1. The van der Waals surface area contributed by atoms with Gasteiger partial charge in [-0.05, 0) is 46.7 Å². The molecule has 1 heterocycles. The summed E-state index contributed by atoms with van der Waals surface area (Å²) in [5.74, 6) is 0. The zero-order chi connectivity index (χ0) is 12.2. The van der Waals surface area contributed by atoms with E-state index in [0.29, 0.717) is 0 Å². The molecule has 1 aliphatic rings. The molecule has 0 bridgehead atoms. The van der Waals surface area contributed by atoms with E-state index in [0.717, 1.165) is 32.5 Å². The van der Waals surface area contributed by atoms with Crippen molar-refractivity contribution in [2.45, 2.75) is 52.2 Å². The minimum atomic E-state index is -0.296. The third-order valence-electron chi connectivity index (χ3n) is 2.66. The first-order valence-corrected chi connectivity index (χ1v) is 6.12. The summed E-state index contributed by atoms with van der Waals surface area (Å²) in [6.45, 7) is 11.0. The average molecular weight is 228 g/mol. The van der Waals surface area contributed by atoms with Crippen LogP contribution in [0.3, 0.4) is 0 Å². The van der Waals surface area contributed by atoms with Gasteiger partial charge >= 0.3 is 6.09 Å². The van der Waals surface area contributed by atoms with Crippen LogP contribution in [0.2, 0.25) is 0 Å². The molecule has 1 amide bonds. The first-order valence-electron chi connectivity index (χ1n) is 6.12. The second kappa shape index (κ2) is 5.53. The molecule has 1 saturated heterocycles. The quantitative estimate of drug-likeness (QED) is 0.786. The number of carbonyl (C=O) groups is 1. The third-order valence-corrected chi connectivity index (χ3v) is 2.66. The monoisotopic (exact) mass is 228 g/mol. The normalized spacial score (nSPS) is 22.9. The average Bonchev–Trinajstić information content (AvgIpc) is 2.15. The van der Waals surface area contributed by atoms with Crippen molar-refractivity contribution < 1.29 is 9.53 Å². The number of hydrogen-bond acceptors (Lipinski definition) is 3. The zero-order valence-corrected chi connectivity index (χ0v) is 10.9. The fraction of sp³-hybridized carbons (Fsp3) is 0.917. The number of carbonyl (C=O) groups excluding carboxylic acids is 1. The molecule has 1 N–H and O–H groups in total. The lowest BCUT2D eigenvalue weighted by Crippen LogP contribution is -2.46. The SMILES string of the molecule is CCN1CCC[C@@H](OC(=O)NC(C)(C)C)C1. The fourth-order valence-corrected chi connectivity index (χ4v) is 1.88. The van der Waals surface area contributed by atoms with Crippen LogP contribution in [0.25, 0.3) is 0 Å². The zero-order valence-electron chi connectivity index (χ0n) is 10.9. The van der Waals surface area contributed by atoms with Gasteiger partial charge in [0.15, 0.2) is 0 Å². The van der Waals surface area contributed by atoms with Crippen molar-refractivity contribution in [3.05, 3.63) is 0 Å². The van der Waals surface area contributed by atoms with E-state index in [2.05, 4.69) is 17.1 Å². The number of amides is 1. The van der Waals surface area contributed by atoms with E-state index < -0.39 is 0 Å². The lowest BCUT2D eigenvalue weighted by molar-refractivity contribution is 0.0408. The summed E-state index contributed by atoms with van der Waals surface area (Å²) in [6.07, 6.45) is 1.85. The highest BCUT2D eigenvalue weighted by Crippen LogP contribution is 2.13. The molecule has 0 aliphatic carbocycles.